The monoisotopic (exact) mass is 234 g/mol. The van der Waals surface area contributed by atoms with Gasteiger partial charge >= 0.3 is 0 Å². The van der Waals surface area contributed by atoms with Crippen molar-refractivity contribution in [1.29, 1.82) is 0 Å². The van der Waals surface area contributed by atoms with Crippen molar-refractivity contribution in [2.75, 3.05) is 32.8 Å². The Hall–Kier alpha value is -1.06. The van der Waals surface area contributed by atoms with Crippen LogP contribution in [0.2, 0.25) is 0 Å². The molecule has 0 unspecified atom stereocenters. The van der Waals surface area contributed by atoms with Gasteiger partial charge in [0, 0.05) is 6.54 Å². The molecule has 0 spiro atoms. The molecule has 1 heterocycles. The van der Waals surface area contributed by atoms with Crippen LogP contribution in [0.3, 0.4) is 0 Å². The molecule has 2 N–H and O–H groups in total. The van der Waals surface area contributed by atoms with Crippen LogP contribution in [0.25, 0.3) is 0 Å². The van der Waals surface area contributed by atoms with E-state index >= 15 is 0 Å². The predicted octanol–water partition coefficient (Wildman–Crippen LogP) is 1.66. The lowest BCUT2D eigenvalue weighted by Crippen LogP contribution is -2.25. The molecule has 1 fully saturated rings. The van der Waals surface area contributed by atoms with E-state index in [1.807, 2.05) is 12.1 Å². The van der Waals surface area contributed by atoms with Gasteiger partial charge in [-0.15, -0.1) is 0 Å². The highest BCUT2D eigenvalue weighted by Crippen LogP contribution is 2.13. The molecule has 1 aromatic carbocycles. The van der Waals surface area contributed by atoms with Gasteiger partial charge in [-0.1, -0.05) is 12.1 Å². The molecule has 3 nitrogen and oxygen atoms in total. The Kier molecular flexibility index (Phi) is 4.83. The molecule has 0 atom stereocenters. The molecular weight excluding hydrogens is 212 g/mol. The van der Waals surface area contributed by atoms with Gasteiger partial charge in [0.1, 0.15) is 12.4 Å². The number of nitrogens with zero attached hydrogens (tertiary/aromatic N) is 1. The van der Waals surface area contributed by atoms with E-state index in [0.717, 1.165) is 25.3 Å². The molecule has 1 saturated heterocycles. The Bertz CT molecular complexity index is 317. The molecule has 3 heteroatoms. The largest absolute Gasteiger partial charge is 0.492 e. The molecule has 0 aromatic heterocycles. The summed E-state index contributed by atoms with van der Waals surface area (Å²) in [5, 5.41) is 0. The average molecular weight is 234 g/mol. The van der Waals surface area contributed by atoms with Crippen LogP contribution in [-0.2, 0) is 6.42 Å². The van der Waals surface area contributed by atoms with Gasteiger partial charge in [-0.2, -0.15) is 0 Å². The number of hydrogen-bond acceptors (Lipinski definition) is 3. The Morgan fingerprint density at radius 2 is 1.82 bits per heavy atom. The van der Waals surface area contributed by atoms with Crippen LogP contribution in [-0.4, -0.2) is 37.7 Å². The number of benzene rings is 1. The third-order valence-electron chi connectivity index (χ3n) is 3.23. The van der Waals surface area contributed by atoms with Gasteiger partial charge < -0.3 is 10.5 Å². The van der Waals surface area contributed by atoms with E-state index in [0.29, 0.717) is 6.54 Å². The van der Waals surface area contributed by atoms with Crippen LogP contribution >= 0.6 is 0 Å². The summed E-state index contributed by atoms with van der Waals surface area (Å²) in [6, 6.07) is 8.26. The fraction of sp³-hybridized carbons (Fsp3) is 0.571. The smallest absolute Gasteiger partial charge is 0.119 e. The molecule has 0 radical (unpaired) electrons. The Balaban J connectivity index is 1.70. The van der Waals surface area contributed by atoms with E-state index in [2.05, 4.69) is 17.0 Å². The molecule has 17 heavy (non-hydrogen) atoms. The number of ether oxygens (including phenoxy) is 1. The van der Waals surface area contributed by atoms with Gasteiger partial charge in [-0.3, -0.25) is 4.90 Å². The van der Waals surface area contributed by atoms with E-state index in [1.165, 1.54) is 31.5 Å². The van der Waals surface area contributed by atoms with Crippen LogP contribution in [0.15, 0.2) is 24.3 Å². The van der Waals surface area contributed by atoms with Crippen molar-refractivity contribution < 1.29 is 4.74 Å². The first-order valence-electron chi connectivity index (χ1n) is 6.52. The third-order valence-corrected chi connectivity index (χ3v) is 3.23. The number of nitrogens with two attached hydrogens (primary N) is 1. The maximum absolute atomic E-state index is 5.73. The Morgan fingerprint density at radius 1 is 1.12 bits per heavy atom. The minimum absolute atomic E-state index is 0.704. The maximum Gasteiger partial charge on any atom is 0.119 e. The fourth-order valence-electron chi connectivity index (χ4n) is 2.22. The summed E-state index contributed by atoms with van der Waals surface area (Å²) < 4.78 is 5.73. The van der Waals surface area contributed by atoms with Gasteiger partial charge in [0.05, 0.1) is 0 Å². The first-order valence-corrected chi connectivity index (χ1v) is 6.52. The van der Waals surface area contributed by atoms with Crippen molar-refractivity contribution in [1.82, 2.24) is 4.90 Å². The molecular formula is C14H22N2O. The van der Waals surface area contributed by atoms with Crippen LogP contribution < -0.4 is 10.5 Å². The standard InChI is InChI=1S/C14H22N2O/c15-8-7-13-3-5-14(6-4-13)17-12-11-16-9-1-2-10-16/h3-6H,1-2,7-12,15H2. The normalized spacial score (nSPS) is 16.3. The number of hydrogen-bond donors (Lipinski definition) is 1. The molecule has 0 saturated carbocycles. The van der Waals surface area contributed by atoms with E-state index in [4.69, 9.17) is 10.5 Å². The summed E-state index contributed by atoms with van der Waals surface area (Å²) in [6.07, 6.45) is 3.62. The van der Waals surface area contributed by atoms with Crippen molar-refractivity contribution >= 4 is 0 Å². The lowest BCUT2D eigenvalue weighted by molar-refractivity contribution is 0.238. The van der Waals surface area contributed by atoms with Crippen LogP contribution in [0.1, 0.15) is 18.4 Å². The van der Waals surface area contributed by atoms with Crippen molar-refractivity contribution in [2.45, 2.75) is 19.3 Å². The minimum atomic E-state index is 0.704. The van der Waals surface area contributed by atoms with Gasteiger partial charge in [0.25, 0.3) is 0 Å². The highest BCUT2D eigenvalue weighted by Gasteiger charge is 2.10. The summed E-state index contributed by atoms with van der Waals surface area (Å²) in [6.45, 7) is 5.01. The lowest BCUT2D eigenvalue weighted by atomic mass is 10.1. The summed E-state index contributed by atoms with van der Waals surface area (Å²) in [5.41, 5.74) is 6.79. The first-order chi connectivity index (χ1) is 8.38. The number of likely N-dealkylation sites (tertiary alicyclic amines) is 1. The molecule has 0 bridgehead atoms. The van der Waals surface area contributed by atoms with Crippen molar-refractivity contribution in [2.24, 2.45) is 5.73 Å². The van der Waals surface area contributed by atoms with Crippen molar-refractivity contribution in [3.63, 3.8) is 0 Å². The summed E-state index contributed by atoms with van der Waals surface area (Å²) in [7, 11) is 0. The van der Waals surface area contributed by atoms with Crippen LogP contribution in [0, 0.1) is 0 Å². The lowest BCUT2D eigenvalue weighted by Gasteiger charge is -2.15. The topological polar surface area (TPSA) is 38.5 Å². The van der Waals surface area contributed by atoms with Crippen LogP contribution in [0.5, 0.6) is 5.75 Å². The molecule has 1 aromatic rings. The molecule has 0 amide bonds. The minimum Gasteiger partial charge on any atom is -0.492 e. The molecule has 0 aliphatic carbocycles. The zero-order valence-corrected chi connectivity index (χ0v) is 10.4. The van der Waals surface area contributed by atoms with Gasteiger partial charge in [0.2, 0.25) is 0 Å². The molecule has 1 aliphatic heterocycles. The summed E-state index contributed by atoms with van der Waals surface area (Å²) in [5.74, 6) is 0.963. The van der Waals surface area contributed by atoms with Crippen LogP contribution in [0.4, 0.5) is 0 Å². The maximum atomic E-state index is 5.73. The first kappa shape index (κ1) is 12.4. The second-order valence-corrected chi connectivity index (χ2v) is 4.58. The highest BCUT2D eigenvalue weighted by molar-refractivity contribution is 5.27. The zero-order chi connectivity index (χ0) is 11.9. The second kappa shape index (κ2) is 6.62. The average Bonchev–Trinajstić information content (AvgIpc) is 2.85. The van der Waals surface area contributed by atoms with Gasteiger partial charge in [0.15, 0.2) is 0 Å². The summed E-state index contributed by atoms with van der Waals surface area (Å²) >= 11 is 0. The van der Waals surface area contributed by atoms with E-state index in [9.17, 15) is 0 Å². The Morgan fingerprint density at radius 3 is 2.47 bits per heavy atom. The van der Waals surface area contributed by atoms with Crippen molar-refractivity contribution in [3.05, 3.63) is 29.8 Å². The molecule has 94 valence electrons. The Labute approximate surface area is 104 Å². The highest BCUT2D eigenvalue weighted by atomic mass is 16.5. The third kappa shape index (κ3) is 4.02. The SMILES string of the molecule is NCCc1ccc(OCCN2CCCC2)cc1. The quantitative estimate of drug-likeness (QED) is 0.813. The van der Waals surface area contributed by atoms with E-state index < -0.39 is 0 Å². The number of rotatable bonds is 6. The van der Waals surface area contributed by atoms with Crippen molar-refractivity contribution in [3.8, 4) is 5.75 Å². The zero-order valence-electron chi connectivity index (χ0n) is 10.4. The molecule has 2 rings (SSSR count). The van der Waals surface area contributed by atoms with Gasteiger partial charge in [-0.25, -0.2) is 0 Å². The predicted molar refractivity (Wildman–Crippen MR) is 70.4 cm³/mol. The fourth-order valence-corrected chi connectivity index (χ4v) is 2.22. The van der Waals surface area contributed by atoms with Gasteiger partial charge in [-0.05, 0) is 56.6 Å². The van der Waals surface area contributed by atoms with E-state index in [-0.39, 0.29) is 0 Å². The second-order valence-electron chi connectivity index (χ2n) is 4.58. The molecule has 1 aliphatic rings. The summed E-state index contributed by atoms with van der Waals surface area (Å²) in [4.78, 5) is 2.46. The van der Waals surface area contributed by atoms with E-state index in [1.54, 1.807) is 0 Å².